The zero-order chi connectivity index (χ0) is 22.3. The van der Waals surface area contributed by atoms with Crippen molar-refractivity contribution in [3.05, 3.63) is 46.0 Å². The largest absolute Gasteiger partial charge is 0.395 e. The molecule has 31 heavy (non-hydrogen) atoms. The van der Waals surface area contributed by atoms with E-state index in [1.807, 2.05) is 12.1 Å². The Labute approximate surface area is 185 Å². The Kier molecular flexibility index (Phi) is 8.27. The van der Waals surface area contributed by atoms with Crippen LogP contribution in [0.1, 0.15) is 79.8 Å². The Balaban J connectivity index is 1.73. The normalized spacial score (nSPS) is 20.9. The lowest BCUT2D eigenvalue weighted by Gasteiger charge is -2.40. The van der Waals surface area contributed by atoms with Gasteiger partial charge >= 0.3 is 0 Å². The topological polar surface area (TPSA) is 104 Å². The molecule has 0 saturated heterocycles. The fourth-order valence-corrected chi connectivity index (χ4v) is 5.29. The average molecular weight is 428 g/mol. The highest BCUT2D eigenvalue weighted by atomic mass is 16.3. The molecule has 0 bridgehead atoms. The van der Waals surface area contributed by atoms with Crippen LogP contribution in [0, 0.1) is 0 Å². The van der Waals surface area contributed by atoms with Crippen molar-refractivity contribution < 1.29 is 14.7 Å². The van der Waals surface area contributed by atoms with E-state index in [0.29, 0.717) is 18.7 Å². The minimum atomic E-state index is -0.157. The van der Waals surface area contributed by atoms with Gasteiger partial charge in [0.15, 0.2) is 0 Å². The molecule has 2 aliphatic rings. The van der Waals surface area contributed by atoms with Crippen molar-refractivity contribution in [3.8, 4) is 0 Å². The summed E-state index contributed by atoms with van der Waals surface area (Å²) < 4.78 is 0. The van der Waals surface area contributed by atoms with Crippen molar-refractivity contribution in [1.82, 2.24) is 10.6 Å². The van der Waals surface area contributed by atoms with Gasteiger partial charge in [0, 0.05) is 24.2 Å². The third-order valence-electron chi connectivity index (χ3n) is 6.97. The summed E-state index contributed by atoms with van der Waals surface area (Å²) in [5.74, 6) is -0.0673. The Morgan fingerprint density at radius 2 is 1.81 bits per heavy atom. The minimum absolute atomic E-state index is 0.0638. The van der Waals surface area contributed by atoms with Crippen LogP contribution >= 0.6 is 0 Å². The number of fused-ring (bicyclic) bond motifs is 1. The number of carbonyl (C=O) groups excluding carboxylic acids is 2. The van der Waals surface area contributed by atoms with Crippen LogP contribution in [0.3, 0.4) is 0 Å². The molecule has 2 aliphatic carbocycles. The van der Waals surface area contributed by atoms with Gasteiger partial charge in [0.05, 0.1) is 6.61 Å². The number of rotatable bonds is 9. The smallest absolute Gasteiger partial charge is 0.251 e. The number of carbonyl (C=O) groups is 2. The molecule has 5 N–H and O–H groups in total. The molecule has 0 heterocycles. The molecular weight excluding hydrogens is 390 g/mol. The van der Waals surface area contributed by atoms with E-state index in [1.54, 1.807) is 0 Å². The standard InChI is InChI=1S/C25H37N3O3/c1-18-5-2-3-7-21(18)24(31)27-14-12-25(11-13-26)10-4-6-19-17-20(8-9-22(19)25)23(30)28-15-16-29/h8-9,17,29H,2-7,10-16,26H2,1H3,(H,27,31)(H,28,30). The van der Waals surface area contributed by atoms with Gasteiger partial charge in [-0.2, -0.15) is 0 Å². The zero-order valence-electron chi connectivity index (χ0n) is 18.8. The molecule has 2 amide bonds. The van der Waals surface area contributed by atoms with E-state index in [-0.39, 0.29) is 30.4 Å². The summed E-state index contributed by atoms with van der Waals surface area (Å²) in [5, 5.41) is 14.8. The second-order valence-corrected chi connectivity index (χ2v) is 9.00. The summed E-state index contributed by atoms with van der Waals surface area (Å²) in [4.78, 5) is 25.0. The molecule has 1 unspecified atom stereocenters. The number of aliphatic hydroxyl groups is 1. The second kappa shape index (κ2) is 10.9. The third-order valence-corrected chi connectivity index (χ3v) is 6.97. The molecule has 0 aromatic heterocycles. The lowest BCUT2D eigenvalue weighted by Crippen LogP contribution is -2.38. The minimum Gasteiger partial charge on any atom is -0.395 e. The molecule has 0 spiro atoms. The van der Waals surface area contributed by atoms with Crippen molar-refractivity contribution >= 4 is 11.8 Å². The van der Waals surface area contributed by atoms with Crippen molar-refractivity contribution in [2.24, 2.45) is 5.73 Å². The van der Waals surface area contributed by atoms with Crippen LogP contribution in [-0.4, -0.2) is 43.2 Å². The molecule has 0 fully saturated rings. The predicted octanol–water partition coefficient (Wildman–Crippen LogP) is 2.73. The SMILES string of the molecule is CC1=C(C(=O)NCCC2(CCN)CCCc3cc(C(=O)NCCO)ccc32)CCCC1. The van der Waals surface area contributed by atoms with Gasteiger partial charge in [0.25, 0.3) is 5.91 Å². The Morgan fingerprint density at radius 1 is 1.03 bits per heavy atom. The molecular formula is C25H37N3O3. The molecule has 1 atom stereocenters. The molecule has 0 saturated carbocycles. The quantitative estimate of drug-likeness (QED) is 0.486. The van der Waals surface area contributed by atoms with Gasteiger partial charge in [-0.15, -0.1) is 0 Å². The van der Waals surface area contributed by atoms with E-state index in [1.165, 1.54) is 23.1 Å². The number of aryl methyl sites for hydroxylation is 1. The maximum Gasteiger partial charge on any atom is 0.251 e. The van der Waals surface area contributed by atoms with Gasteiger partial charge in [-0.1, -0.05) is 11.6 Å². The molecule has 6 heteroatoms. The number of amides is 2. The summed E-state index contributed by atoms with van der Waals surface area (Å²) >= 11 is 0. The van der Waals surface area contributed by atoms with E-state index in [9.17, 15) is 9.59 Å². The van der Waals surface area contributed by atoms with Gasteiger partial charge < -0.3 is 21.5 Å². The number of benzene rings is 1. The molecule has 0 radical (unpaired) electrons. The molecule has 6 nitrogen and oxygen atoms in total. The molecule has 3 rings (SSSR count). The van der Waals surface area contributed by atoms with Crippen LogP contribution in [0.5, 0.6) is 0 Å². The molecule has 0 aliphatic heterocycles. The van der Waals surface area contributed by atoms with Crippen LogP contribution < -0.4 is 16.4 Å². The number of hydrogen-bond acceptors (Lipinski definition) is 4. The van der Waals surface area contributed by atoms with Crippen LogP contribution in [-0.2, 0) is 16.6 Å². The fourth-order valence-electron chi connectivity index (χ4n) is 5.29. The first-order valence-corrected chi connectivity index (χ1v) is 11.7. The van der Waals surface area contributed by atoms with Crippen LogP contribution in [0.15, 0.2) is 29.3 Å². The maximum atomic E-state index is 12.7. The van der Waals surface area contributed by atoms with Crippen LogP contribution in [0.2, 0.25) is 0 Å². The Bertz CT molecular complexity index is 833. The summed E-state index contributed by atoms with van der Waals surface area (Å²) in [6.45, 7) is 3.49. The number of hydrogen-bond donors (Lipinski definition) is 4. The van der Waals surface area contributed by atoms with Gasteiger partial charge in [0.1, 0.15) is 0 Å². The van der Waals surface area contributed by atoms with E-state index in [2.05, 4.69) is 23.6 Å². The molecule has 1 aromatic rings. The summed E-state index contributed by atoms with van der Waals surface area (Å²) in [7, 11) is 0. The van der Waals surface area contributed by atoms with Crippen LogP contribution in [0.4, 0.5) is 0 Å². The summed E-state index contributed by atoms with van der Waals surface area (Å²) in [6, 6.07) is 5.94. The number of nitrogens with two attached hydrogens (primary N) is 1. The van der Waals surface area contributed by atoms with Crippen LogP contribution in [0.25, 0.3) is 0 Å². The highest BCUT2D eigenvalue weighted by Gasteiger charge is 2.36. The van der Waals surface area contributed by atoms with Crippen molar-refractivity contribution in [2.75, 3.05) is 26.2 Å². The van der Waals surface area contributed by atoms with E-state index in [0.717, 1.165) is 56.9 Å². The monoisotopic (exact) mass is 427 g/mol. The van der Waals surface area contributed by atoms with Crippen molar-refractivity contribution in [2.45, 2.75) is 70.1 Å². The van der Waals surface area contributed by atoms with E-state index in [4.69, 9.17) is 10.8 Å². The number of nitrogens with one attached hydrogen (secondary N) is 2. The van der Waals surface area contributed by atoms with Gasteiger partial charge in [-0.3, -0.25) is 9.59 Å². The van der Waals surface area contributed by atoms with Gasteiger partial charge in [-0.05, 0) is 99.9 Å². The van der Waals surface area contributed by atoms with Gasteiger partial charge in [0.2, 0.25) is 5.91 Å². The Morgan fingerprint density at radius 3 is 2.55 bits per heavy atom. The summed E-state index contributed by atoms with van der Waals surface area (Å²) in [6.07, 6.45) is 8.95. The average Bonchev–Trinajstić information content (AvgIpc) is 2.77. The Hall–Kier alpha value is -2.18. The lowest BCUT2D eigenvalue weighted by atomic mass is 9.66. The van der Waals surface area contributed by atoms with Crippen molar-refractivity contribution in [1.29, 1.82) is 0 Å². The highest BCUT2D eigenvalue weighted by Crippen LogP contribution is 2.42. The fraction of sp³-hybridized carbons (Fsp3) is 0.600. The maximum absolute atomic E-state index is 12.7. The first-order valence-electron chi connectivity index (χ1n) is 11.7. The number of aliphatic hydroxyl groups excluding tert-OH is 1. The van der Waals surface area contributed by atoms with E-state index >= 15 is 0 Å². The predicted molar refractivity (Wildman–Crippen MR) is 123 cm³/mol. The second-order valence-electron chi connectivity index (χ2n) is 9.00. The third kappa shape index (κ3) is 5.55. The molecule has 170 valence electrons. The highest BCUT2D eigenvalue weighted by molar-refractivity contribution is 5.95. The lowest BCUT2D eigenvalue weighted by molar-refractivity contribution is -0.117. The van der Waals surface area contributed by atoms with Gasteiger partial charge in [-0.25, -0.2) is 0 Å². The summed E-state index contributed by atoms with van der Waals surface area (Å²) in [5.41, 5.74) is 11.3. The van der Waals surface area contributed by atoms with Crippen molar-refractivity contribution in [3.63, 3.8) is 0 Å². The zero-order valence-corrected chi connectivity index (χ0v) is 18.8. The first kappa shape index (κ1) is 23.5. The van der Waals surface area contributed by atoms with E-state index < -0.39 is 0 Å². The molecule has 1 aromatic carbocycles. The first-order chi connectivity index (χ1) is 15.0. The number of allylic oxidation sites excluding steroid dienone is 1.